The van der Waals surface area contributed by atoms with E-state index in [1.165, 1.54) is 22.5 Å². The molecular weight excluding hydrogens is 426 g/mol. The van der Waals surface area contributed by atoms with Crippen LogP contribution < -0.4 is 14.9 Å². The van der Waals surface area contributed by atoms with Crippen LogP contribution in [0.4, 0.5) is 5.69 Å². The molecule has 7 nitrogen and oxygen atoms in total. The van der Waals surface area contributed by atoms with Crippen LogP contribution in [-0.4, -0.2) is 39.4 Å². The lowest BCUT2D eigenvalue weighted by molar-refractivity contribution is -0.122. The van der Waals surface area contributed by atoms with Gasteiger partial charge in [0.25, 0.3) is 15.9 Å². The number of para-hydroxylation sites is 1. The van der Waals surface area contributed by atoms with Gasteiger partial charge in [0.15, 0.2) is 0 Å². The van der Waals surface area contributed by atoms with Crippen molar-refractivity contribution in [1.82, 2.24) is 10.6 Å². The van der Waals surface area contributed by atoms with Crippen molar-refractivity contribution in [3.05, 3.63) is 58.6 Å². The number of nitrogens with one attached hydrogen (secondary N) is 2. The normalized spacial score (nSPS) is 14.2. The maximum Gasteiger partial charge on any atom is 0.265 e. The third kappa shape index (κ3) is 4.44. The number of fused-ring (bicyclic) bond motifs is 1. The molecule has 160 valence electrons. The van der Waals surface area contributed by atoms with Gasteiger partial charge in [-0.05, 0) is 49.6 Å². The molecule has 0 aromatic heterocycles. The summed E-state index contributed by atoms with van der Waals surface area (Å²) < 4.78 is 27.9. The standard InChI is InChI=1S/C21H24ClN3O4S/c1-3-11-23-20(26)14(2)24-21(27)16-8-9-17(22)19(13-16)30(28,29)25-12-10-15-6-4-5-7-18(15)25/h4-9,13-14H,3,10-12H2,1-2H3,(H,23,26)(H,24,27)/t14-/m0/s1. The van der Waals surface area contributed by atoms with E-state index in [-0.39, 0.29) is 21.4 Å². The highest BCUT2D eigenvalue weighted by atomic mass is 35.5. The maximum absolute atomic E-state index is 13.3. The molecule has 0 saturated heterocycles. The SMILES string of the molecule is CCCNC(=O)[C@H](C)NC(=O)c1ccc(Cl)c(S(=O)(=O)N2CCc3ccccc32)c1. The van der Waals surface area contributed by atoms with E-state index in [4.69, 9.17) is 11.6 Å². The van der Waals surface area contributed by atoms with Crippen LogP contribution in [0.2, 0.25) is 5.02 Å². The predicted octanol–water partition coefficient (Wildman–Crippen LogP) is 2.74. The van der Waals surface area contributed by atoms with Gasteiger partial charge in [0.2, 0.25) is 5.91 Å². The number of sulfonamides is 1. The van der Waals surface area contributed by atoms with Crippen LogP contribution in [0.15, 0.2) is 47.4 Å². The van der Waals surface area contributed by atoms with E-state index < -0.39 is 22.0 Å². The first-order valence-electron chi connectivity index (χ1n) is 9.74. The van der Waals surface area contributed by atoms with Crippen molar-refractivity contribution in [1.29, 1.82) is 0 Å². The van der Waals surface area contributed by atoms with Crippen LogP contribution in [0.1, 0.15) is 36.2 Å². The molecular formula is C21H24ClN3O4S. The molecule has 9 heteroatoms. The summed E-state index contributed by atoms with van der Waals surface area (Å²) in [7, 11) is -3.95. The Morgan fingerprint density at radius 1 is 1.20 bits per heavy atom. The predicted molar refractivity (Wildman–Crippen MR) is 116 cm³/mol. The second-order valence-electron chi connectivity index (χ2n) is 7.09. The van der Waals surface area contributed by atoms with E-state index in [0.717, 1.165) is 12.0 Å². The first-order valence-corrected chi connectivity index (χ1v) is 11.6. The zero-order valence-electron chi connectivity index (χ0n) is 16.8. The molecule has 0 spiro atoms. The largest absolute Gasteiger partial charge is 0.354 e. The number of hydrogen-bond donors (Lipinski definition) is 2. The summed E-state index contributed by atoms with van der Waals surface area (Å²) >= 11 is 6.20. The number of amides is 2. The lowest BCUT2D eigenvalue weighted by Crippen LogP contribution is -2.45. The number of rotatable bonds is 7. The van der Waals surface area contributed by atoms with Crippen LogP contribution in [0.5, 0.6) is 0 Å². The molecule has 1 heterocycles. The summed E-state index contributed by atoms with van der Waals surface area (Å²) in [6.07, 6.45) is 1.39. The third-order valence-electron chi connectivity index (χ3n) is 4.90. The van der Waals surface area contributed by atoms with Crippen LogP contribution in [-0.2, 0) is 21.2 Å². The van der Waals surface area contributed by atoms with Crippen molar-refractivity contribution in [3.63, 3.8) is 0 Å². The molecule has 0 bridgehead atoms. The Bertz CT molecular complexity index is 1070. The zero-order chi connectivity index (χ0) is 21.9. The lowest BCUT2D eigenvalue weighted by Gasteiger charge is -2.21. The first kappa shape index (κ1) is 22.1. The Labute approximate surface area is 181 Å². The Morgan fingerprint density at radius 2 is 1.93 bits per heavy atom. The molecule has 1 atom stereocenters. The number of benzene rings is 2. The molecule has 2 aromatic rings. The van der Waals surface area contributed by atoms with Crippen molar-refractivity contribution in [3.8, 4) is 0 Å². The molecule has 2 amide bonds. The quantitative estimate of drug-likeness (QED) is 0.679. The summed E-state index contributed by atoms with van der Waals surface area (Å²) in [5.41, 5.74) is 1.67. The van der Waals surface area contributed by atoms with E-state index in [1.54, 1.807) is 19.1 Å². The Hall–Kier alpha value is -2.58. The number of halogens is 1. The van der Waals surface area contributed by atoms with Gasteiger partial charge in [0.1, 0.15) is 10.9 Å². The van der Waals surface area contributed by atoms with Gasteiger partial charge < -0.3 is 10.6 Å². The van der Waals surface area contributed by atoms with Gasteiger partial charge >= 0.3 is 0 Å². The smallest absolute Gasteiger partial charge is 0.265 e. The second kappa shape index (κ2) is 9.06. The van der Waals surface area contributed by atoms with E-state index in [2.05, 4.69) is 10.6 Å². The molecule has 2 N–H and O–H groups in total. The summed E-state index contributed by atoms with van der Waals surface area (Å²) in [5.74, 6) is -0.857. The fourth-order valence-corrected chi connectivity index (χ4v) is 5.27. The van der Waals surface area contributed by atoms with Crippen LogP contribution >= 0.6 is 11.6 Å². The summed E-state index contributed by atoms with van der Waals surface area (Å²) in [5, 5.41) is 5.32. The number of nitrogens with zero attached hydrogens (tertiary/aromatic N) is 1. The van der Waals surface area contributed by atoms with E-state index in [0.29, 0.717) is 25.2 Å². The second-order valence-corrected chi connectivity index (χ2v) is 9.33. The highest BCUT2D eigenvalue weighted by molar-refractivity contribution is 7.93. The minimum absolute atomic E-state index is 0.0321. The molecule has 30 heavy (non-hydrogen) atoms. The average molecular weight is 450 g/mol. The fourth-order valence-electron chi connectivity index (χ4n) is 3.27. The van der Waals surface area contributed by atoms with Crippen molar-refractivity contribution in [2.45, 2.75) is 37.6 Å². The number of anilines is 1. The topological polar surface area (TPSA) is 95.6 Å². The summed E-state index contributed by atoms with van der Waals surface area (Å²) in [4.78, 5) is 24.4. The first-order chi connectivity index (χ1) is 14.3. The number of carbonyl (C=O) groups is 2. The van der Waals surface area contributed by atoms with Crippen molar-refractivity contribution in [2.24, 2.45) is 0 Å². The van der Waals surface area contributed by atoms with Crippen molar-refractivity contribution in [2.75, 3.05) is 17.4 Å². The van der Waals surface area contributed by atoms with Crippen LogP contribution in [0.25, 0.3) is 0 Å². The molecule has 1 aliphatic heterocycles. The van der Waals surface area contributed by atoms with Crippen LogP contribution in [0, 0.1) is 0 Å². The molecule has 0 saturated carbocycles. The molecule has 1 aliphatic rings. The molecule has 0 radical (unpaired) electrons. The molecule has 0 fully saturated rings. The van der Waals surface area contributed by atoms with Crippen molar-refractivity contribution < 1.29 is 18.0 Å². The van der Waals surface area contributed by atoms with Gasteiger partial charge in [-0.25, -0.2) is 8.42 Å². The molecule has 0 unspecified atom stereocenters. The number of hydrogen-bond acceptors (Lipinski definition) is 4. The van der Waals surface area contributed by atoms with Gasteiger partial charge in [-0.3, -0.25) is 13.9 Å². The van der Waals surface area contributed by atoms with E-state index in [1.807, 2.05) is 19.1 Å². The van der Waals surface area contributed by atoms with Gasteiger partial charge in [-0.1, -0.05) is 36.7 Å². The Kier molecular flexibility index (Phi) is 6.67. The zero-order valence-corrected chi connectivity index (χ0v) is 18.4. The molecule has 0 aliphatic carbocycles. The Morgan fingerprint density at radius 3 is 2.67 bits per heavy atom. The molecule has 3 rings (SSSR count). The van der Waals surface area contributed by atoms with Crippen LogP contribution in [0.3, 0.4) is 0 Å². The average Bonchev–Trinajstić information content (AvgIpc) is 3.17. The minimum atomic E-state index is -3.95. The monoisotopic (exact) mass is 449 g/mol. The minimum Gasteiger partial charge on any atom is -0.354 e. The maximum atomic E-state index is 13.3. The van der Waals surface area contributed by atoms with Gasteiger partial charge in [-0.2, -0.15) is 0 Å². The van der Waals surface area contributed by atoms with E-state index in [9.17, 15) is 18.0 Å². The van der Waals surface area contributed by atoms with Crippen molar-refractivity contribution >= 4 is 39.1 Å². The highest BCUT2D eigenvalue weighted by Gasteiger charge is 2.32. The molecule has 2 aromatic carbocycles. The van der Waals surface area contributed by atoms with Gasteiger partial charge in [-0.15, -0.1) is 0 Å². The van der Waals surface area contributed by atoms with Gasteiger partial charge in [0.05, 0.1) is 10.7 Å². The third-order valence-corrected chi connectivity index (χ3v) is 7.19. The number of carbonyl (C=O) groups excluding carboxylic acids is 2. The Balaban J connectivity index is 1.85. The summed E-state index contributed by atoms with van der Waals surface area (Å²) in [6, 6.07) is 10.6. The lowest BCUT2D eigenvalue weighted by atomic mass is 10.2. The highest BCUT2D eigenvalue weighted by Crippen LogP contribution is 2.35. The van der Waals surface area contributed by atoms with Gasteiger partial charge in [0, 0.05) is 18.7 Å². The fraction of sp³-hybridized carbons (Fsp3) is 0.333. The van der Waals surface area contributed by atoms with E-state index >= 15 is 0 Å². The summed E-state index contributed by atoms with van der Waals surface area (Å²) in [6.45, 7) is 4.32.